The number of nitrogens with zero attached hydrogens (tertiary/aromatic N) is 5. The summed E-state index contributed by atoms with van der Waals surface area (Å²) in [6, 6.07) is 0.522. The van der Waals surface area contributed by atoms with Gasteiger partial charge < -0.3 is 24.3 Å². The molecule has 2 atom stereocenters. The fourth-order valence-corrected chi connectivity index (χ4v) is 4.21. The van der Waals surface area contributed by atoms with Crippen molar-refractivity contribution in [2.75, 3.05) is 26.3 Å². The molecule has 1 N–H and O–H groups in total. The average molecular weight is 377 g/mol. The van der Waals surface area contributed by atoms with Crippen LogP contribution < -0.4 is 5.32 Å². The Morgan fingerprint density at radius 2 is 1.93 bits per heavy atom. The number of nitrogens with one attached hydrogen (secondary N) is 1. The predicted molar refractivity (Wildman–Crippen MR) is 103 cm³/mol. The highest BCUT2D eigenvalue weighted by atomic mass is 16.5. The number of morpholine rings is 1. The van der Waals surface area contributed by atoms with Gasteiger partial charge in [-0.05, 0) is 32.6 Å². The van der Waals surface area contributed by atoms with Crippen LogP contribution in [0.3, 0.4) is 0 Å². The van der Waals surface area contributed by atoms with Gasteiger partial charge in [0.2, 0.25) is 0 Å². The fraction of sp³-hybridized carbons (Fsp3) is 0.842. The maximum atomic E-state index is 6.02. The second-order valence-electron chi connectivity index (χ2n) is 7.89. The molecule has 0 spiro atoms. The topological polar surface area (TPSA) is 76.8 Å². The zero-order valence-electron chi connectivity index (χ0n) is 16.6. The van der Waals surface area contributed by atoms with Crippen LogP contribution in [0.4, 0.5) is 0 Å². The van der Waals surface area contributed by atoms with E-state index in [1.54, 1.807) is 0 Å². The van der Waals surface area contributed by atoms with Crippen LogP contribution in [-0.2, 0) is 23.1 Å². The van der Waals surface area contributed by atoms with E-state index >= 15 is 0 Å². The van der Waals surface area contributed by atoms with E-state index < -0.39 is 0 Å². The molecule has 4 rings (SSSR count). The molecule has 1 aromatic rings. The second-order valence-corrected chi connectivity index (χ2v) is 7.89. The summed E-state index contributed by atoms with van der Waals surface area (Å²) in [6.07, 6.45) is 7.64. The number of aliphatic imine (C=N–C) groups is 1. The van der Waals surface area contributed by atoms with Gasteiger partial charge in [0.05, 0.1) is 12.7 Å². The zero-order valence-corrected chi connectivity index (χ0v) is 16.6. The van der Waals surface area contributed by atoms with Crippen molar-refractivity contribution in [3.05, 3.63) is 11.6 Å². The molecule has 150 valence electrons. The van der Waals surface area contributed by atoms with Gasteiger partial charge >= 0.3 is 0 Å². The minimum Gasteiger partial charge on any atom is -0.375 e. The first-order valence-corrected chi connectivity index (χ1v) is 10.3. The third-order valence-corrected chi connectivity index (χ3v) is 6.01. The summed E-state index contributed by atoms with van der Waals surface area (Å²) in [5.41, 5.74) is 0. The van der Waals surface area contributed by atoms with Crippen LogP contribution in [0.25, 0.3) is 0 Å². The van der Waals surface area contributed by atoms with Crippen LogP contribution in [-0.4, -0.2) is 70.2 Å². The van der Waals surface area contributed by atoms with Crippen molar-refractivity contribution in [3.63, 3.8) is 0 Å². The molecule has 1 aromatic heterocycles. The molecule has 3 fully saturated rings. The minimum absolute atomic E-state index is 0.133. The number of hydrogen-bond acceptors (Lipinski definition) is 5. The predicted octanol–water partition coefficient (Wildman–Crippen LogP) is 1.39. The number of aryl methyl sites for hydroxylation is 1. The van der Waals surface area contributed by atoms with Crippen molar-refractivity contribution < 1.29 is 9.47 Å². The molecule has 0 radical (unpaired) electrons. The first-order valence-electron chi connectivity index (χ1n) is 10.3. The molecule has 2 saturated heterocycles. The molecule has 8 heteroatoms. The quantitative estimate of drug-likeness (QED) is 0.632. The van der Waals surface area contributed by atoms with Crippen LogP contribution in [0.1, 0.15) is 50.2 Å². The monoisotopic (exact) mass is 376 g/mol. The minimum atomic E-state index is 0.133. The molecule has 0 aromatic carbocycles. The van der Waals surface area contributed by atoms with Gasteiger partial charge in [0.1, 0.15) is 18.5 Å². The molecule has 1 saturated carbocycles. The van der Waals surface area contributed by atoms with Crippen molar-refractivity contribution >= 4 is 5.96 Å². The molecule has 1 aliphatic carbocycles. The maximum Gasteiger partial charge on any atom is 0.194 e. The molecular formula is C19H32N6O2. The van der Waals surface area contributed by atoms with E-state index in [2.05, 4.69) is 20.4 Å². The first kappa shape index (κ1) is 18.7. The van der Waals surface area contributed by atoms with Crippen molar-refractivity contribution in [2.24, 2.45) is 12.0 Å². The number of ether oxygens (including phenoxy) is 2. The van der Waals surface area contributed by atoms with E-state index in [0.717, 1.165) is 56.8 Å². The maximum absolute atomic E-state index is 6.02. The average Bonchev–Trinajstić information content (AvgIpc) is 3.44. The Kier molecular flexibility index (Phi) is 5.92. The van der Waals surface area contributed by atoms with Gasteiger partial charge in [0.25, 0.3) is 0 Å². The number of aromatic nitrogens is 3. The second kappa shape index (κ2) is 8.56. The number of hydrogen-bond donors (Lipinski definition) is 1. The van der Waals surface area contributed by atoms with E-state index in [4.69, 9.17) is 14.5 Å². The Balaban J connectivity index is 1.47. The summed E-state index contributed by atoms with van der Waals surface area (Å²) in [4.78, 5) is 7.27. The Morgan fingerprint density at radius 1 is 1.11 bits per heavy atom. The summed E-state index contributed by atoms with van der Waals surface area (Å²) in [7, 11) is 1.99. The molecule has 3 aliphatic rings. The highest BCUT2D eigenvalue weighted by molar-refractivity contribution is 5.80. The van der Waals surface area contributed by atoms with Crippen molar-refractivity contribution in [1.82, 2.24) is 25.0 Å². The fourth-order valence-electron chi connectivity index (χ4n) is 4.21. The number of guanidine groups is 1. The van der Waals surface area contributed by atoms with Gasteiger partial charge in [-0.2, -0.15) is 0 Å². The smallest absolute Gasteiger partial charge is 0.194 e. The first-order chi connectivity index (χ1) is 13.2. The van der Waals surface area contributed by atoms with Gasteiger partial charge in [0, 0.05) is 32.8 Å². The van der Waals surface area contributed by atoms with Crippen LogP contribution >= 0.6 is 0 Å². The van der Waals surface area contributed by atoms with Crippen LogP contribution in [0.2, 0.25) is 0 Å². The highest BCUT2D eigenvalue weighted by Gasteiger charge is 2.33. The van der Waals surface area contributed by atoms with Crippen LogP contribution in [0.5, 0.6) is 0 Å². The lowest BCUT2D eigenvalue weighted by atomic mass is 10.1. The third-order valence-electron chi connectivity index (χ3n) is 6.01. The van der Waals surface area contributed by atoms with E-state index in [1.165, 1.54) is 25.7 Å². The van der Waals surface area contributed by atoms with Gasteiger partial charge in [-0.3, -0.25) is 0 Å². The van der Waals surface area contributed by atoms with E-state index in [1.807, 2.05) is 18.5 Å². The van der Waals surface area contributed by atoms with E-state index in [-0.39, 0.29) is 12.2 Å². The Morgan fingerprint density at radius 3 is 2.63 bits per heavy atom. The van der Waals surface area contributed by atoms with Gasteiger partial charge in [-0.1, -0.05) is 12.8 Å². The van der Waals surface area contributed by atoms with Crippen molar-refractivity contribution in [2.45, 2.75) is 70.2 Å². The van der Waals surface area contributed by atoms with Crippen LogP contribution in [0.15, 0.2) is 4.99 Å². The Hall–Kier alpha value is -1.67. The Bertz CT molecular complexity index is 649. The lowest BCUT2D eigenvalue weighted by Crippen LogP contribution is -2.54. The standard InChI is InChI=1S/C19H32N6O2/c1-14-22-23-18(24(14)2)12-20-19(21-15-6-3-4-7-15)25-9-11-27-17(13-25)16-8-5-10-26-16/h15-17H,3-13H2,1-2H3,(H,20,21). The van der Waals surface area contributed by atoms with E-state index in [0.29, 0.717) is 12.6 Å². The molecule has 0 bridgehead atoms. The van der Waals surface area contributed by atoms with Gasteiger partial charge in [-0.15, -0.1) is 10.2 Å². The van der Waals surface area contributed by atoms with Gasteiger partial charge in [-0.25, -0.2) is 4.99 Å². The lowest BCUT2D eigenvalue weighted by Gasteiger charge is -2.38. The van der Waals surface area contributed by atoms with Crippen molar-refractivity contribution in [3.8, 4) is 0 Å². The Labute approximate surface area is 161 Å². The molecular weight excluding hydrogens is 344 g/mol. The summed E-state index contributed by atoms with van der Waals surface area (Å²) < 4.78 is 13.9. The summed E-state index contributed by atoms with van der Waals surface area (Å²) in [5, 5.41) is 12.1. The summed E-state index contributed by atoms with van der Waals surface area (Å²) >= 11 is 0. The highest BCUT2D eigenvalue weighted by Crippen LogP contribution is 2.22. The largest absolute Gasteiger partial charge is 0.375 e. The molecule has 2 aliphatic heterocycles. The molecule has 3 heterocycles. The third kappa shape index (κ3) is 4.43. The normalized spacial score (nSPS) is 27.5. The molecule has 0 amide bonds. The molecule has 27 heavy (non-hydrogen) atoms. The number of rotatable bonds is 4. The summed E-state index contributed by atoms with van der Waals surface area (Å²) in [5.74, 6) is 2.78. The summed E-state index contributed by atoms with van der Waals surface area (Å²) in [6.45, 7) is 5.78. The SMILES string of the molecule is Cc1nnc(CN=C(NC2CCCC2)N2CCOC(C3CCCO3)C2)n1C. The lowest BCUT2D eigenvalue weighted by molar-refractivity contribution is -0.0818. The molecule has 2 unspecified atom stereocenters. The van der Waals surface area contributed by atoms with Gasteiger partial charge in [0.15, 0.2) is 11.8 Å². The van der Waals surface area contributed by atoms with E-state index in [9.17, 15) is 0 Å². The molecule has 8 nitrogen and oxygen atoms in total. The zero-order chi connectivity index (χ0) is 18.6. The van der Waals surface area contributed by atoms with Crippen molar-refractivity contribution in [1.29, 1.82) is 0 Å². The van der Waals surface area contributed by atoms with Crippen LogP contribution in [0, 0.1) is 6.92 Å².